The zero-order valence-corrected chi connectivity index (χ0v) is 16.2. The Bertz CT molecular complexity index is 1260. The fourth-order valence-corrected chi connectivity index (χ4v) is 4.02. The SMILES string of the molecule is Cc1ccccc1C1NC(=O)c2cccc(Nc3nc(C)c4ccccc4n3)c21. The molecule has 5 rings (SSSR count). The molecule has 1 amide bonds. The quantitative estimate of drug-likeness (QED) is 0.535. The molecule has 5 nitrogen and oxygen atoms in total. The van der Waals surface area contributed by atoms with Crippen LogP contribution in [0, 0.1) is 13.8 Å². The summed E-state index contributed by atoms with van der Waals surface area (Å²) in [4.78, 5) is 21.9. The summed E-state index contributed by atoms with van der Waals surface area (Å²) in [6, 6.07) is 21.6. The molecule has 0 radical (unpaired) electrons. The van der Waals surface area contributed by atoms with Crippen molar-refractivity contribution in [2.75, 3.05) is 5.32 Å². The molecule has 0 aliphatic carbocycles. The molecule has 1 unspecified atom stereocenters. The van der Waals surface area contributed by atoms with Crippen molar-refractivity contribution in [2.24, 2.45) is 0 Å². The van der Waals surface area contributed by atoms with Gasteiger partial charge in [0.1, 0.15) is 0 Å². The number of nitrogens with zero attached hydrogens (tertiary/aromatic N) is 2. The highest BCUT2D eigenvalue weighted by Gasteiger charge is 2.33. The number of para-hydroxylation sites is 1. The second-order valence-corrected chi connectivity index (χ2v) is 7.30. The Kier molecular flexibility index (Phi) is 4.02. The van der Waals surface area contributed by atoms with Crippen LogP contribution in [0.3, 0.4) is 0 Å². The molecule has 0 spiro atoms. The molecule has 0 saturated heterocycles. The van der Waals surface area contributed by atoms with Crippen LogP contribution in [0.25, 0.3) is 10.9 Å². The Morgan fingerprint density at radius 1 is 0.897 bits per heavy atom. The molecule has 2 N–H and O–H groups in total. The van der Waals surface area contributed by atoms with Gasteiger partial charge in [-0.3, -0.25) is 4.79 Å². The van der Waals surface area contributed by atoms with Gasteiger partial charge in [-0.2, -0.15) is 0 Å². The van der Waals surface area contributed by atoms with E-state index in [9.17, 15) is 4.79 Å². The zero-order chi connectivity index (χ0) is 20.0. The van der Waals surface area contributed by atoms with Gasteiger partial charge in [-0.05, 0) is 43.2 Å². The maximum Gasteiger partial charge on any atom is 0.252 e. The third-order valence-corrected chi connectivity index (χ3v) is 5.45. The summed E-state index contributed by atoms with van der Waals surface area (Å²) in [6.07, 6.45) is 0. The van der Waals surface area contributed by atoms with E-state index in [4.69, 9.17) is 0 Å². The van der Waals surface area contributed by atoms with Crippen LogP contribution in [0.4, 0.5) is 11.6 Å². The van der Waals surface area contributed by atoms with Gasteiger partial charge in [0, 0.05) is 22.2 Å². The van der Waals surface area contributed by atoms with Crippen LogP contribution < -0.4 is 10.6 Å². The van der Waals surface area contributed by atoms with Crippen LogP contribution >= 0.6 is 0 Å². The zero-order valence-electron chi connectivity index (χ0n) is 16.2. The molecule has 0 fully saturated rings. The minimum Gasteiger partial charge on any atom is -0.341 e. The first-order chi connectivity index (χ1) is 14.1. The van der Waals surface area contributed by atoms with E-state index < -0.39 is 0 Å². The molecule has 0 saturated carbocycles. The second-order valence-electron chi connectivity index (χ2n) is 7.30. The standard InChI is InChI=1S/C24H20N4O/c1-14-8-3-4-9-16(14)22-21-18(23(29)28-22)11-7-13-20(21)27-24-25-15(2)17-10-5-6-12-19(17)26-24/h3-13,22H,1-2H3,(H,28,29)(H,25,26,27). The molecule has 2 heterocycles. The lowest BCUT2D eigenvalue weighted by Gasteiger charge is -2.18. The van der Waals surface area contributed by atoms with E-state index in [0.29, 0.717) is 11.5 Å². The third kappa shape index (κ3) is 2.91. The Labute approximate surface area is 168 Å². The highest BCUT2D eigenvalue weighted by molar-refractivity contribution is 6.02. The van der Waals surface area contributed by atoms with E-state index in [0.717, 1.165) is 39.0 Å². The predicted molar refractivity (Wildman–Crippen MR) is 114 cm³/mol. The predicted octanol–water partition coefficient (Wildman–Crippen LogP) is 4.82. The number of fused-ring (bicyclic) bond motifs is 2. The molecular weight excluding hydrogens is 360 g/mol. The van der Waals surface area contributed by atoms with E-state index >= 15 is 0 Å². The lowest BCUT2D eigenvalue weighted by Crippen LogP contribution is -2.20. The minimum absolute atomic E-state index is 0.0625. The number of hydrogen-bond donors (Lipinski definition) is 2. The number of nitrogens with one attached hydrogen (secondary N) is 2. The van der Waals surface area contributed by atoms with Crippen molar-refractivity contribution < 1.29 is 4.79 Å². The third-order valence-electron chi connectivity index (χ3n) is 5.45. The monoisotopic (exact) mass is 380 g/mol. The van der Waals surface area contributed by atoms with E-state index in [1.165, 1.54) is 0 Å². The van der Waals surface area contributed by atoms with Crippen molar-refractivity contribution in [1.82, 2.24) is 15.3 Å². The largest absolute Gasteiger partial charge is 0.341 e. The van der Waals surface area contributed by atoms with E-state index in [1.807, 2.05) is 61.5 Å². The van der Waals surface area contributed by atoms with Crippen LogP contribution in [-0.4, -0.2) is 15.9 Å². The van der Waals surface area contributed by atoms with Gasteiger partial charge < -0.3 is 10.6 Å². The fourth-order valence-electron chi connectivity index (χ4n) is 4.02. The molecule has 4 aromatic rings. The van der Waals surface area contributed by atoms with Crippen molar-refractivity contribution in [3.8, 4) is 0 Å². The van der Waals surface area contributed by atoms with Gasteiger partial charge >= 0.3 is 0 Å². The van der Waals surface area contributed by atoms with Gasteiger partial charge in [-0.25, -0.2) is 9.97 Å². The first-order valence-corrected chi connectivity index (χ1v) is 9.61. The number of carbonyl (C=O) groups is 1. The Hall–Kier alpha value is -3.73. The van der Waals surface area contributed by atoms with Crippen molar-refractivity contribution in [3.05, 3.63) is 94.7 Å². The van der Waals surface area contributed by atoms with E-state index in [-0.39, 0.29) is 11.9 Å². The Balaban J connectivity index is 1.62. The Morgan fingerprint density at radius 3 is 2.55 bits per heavy atom. The fraction of sp³-hybridized carbons (Fsp3) is 0.125. The van der Waals surface area contributed by atoms with Crippen LogP contribution in [0.15, 0.2) is 66.7 Å². The van der Waals surface area contributed by atoms with Crippen molar-refractivity contribution in [2.45, 2.75) is 19.9 Å². The summed E-state index contributed by atoms with van der Waals surface area (Å²) in [6.45, 7) is 4.04. The summed E-state index contributed by atoms with van der Waals surface area (Å²) in [5.41, 5.74) is 6.48. The Morgan fingerprint density at radius 2 is 1.69 bits per heavy atom. The molecule has 1 aromatic heterocycles. The average Bonchev–Trinajstić information content (AvgIpc) is 3.06. The topological polar surface area (TPSA) is 66.9 Å². The normalized spacial score (nSPS) is 15.2. The molecule has 5 heteroatoms. The molecule has 1 atom stereocenters. The first-order valence-electron chi connectivity index (χ1n) is 9.61. The smallest absolute Gasteiger partial charge is 0.252 e. The van der Waals surface area contributed by atoms with Crippen LogP contribution in [0.5, 0.6) is 0 Å². The van der Waals surface area contributed by atoms with Crippen molar-refractivity contribution >= 4 is 28.4 Å². The summed E-state index contributed by atoms with van der Waals surface area (Å²) in [7, 11) is 0. The van der Waals surface area contributed by atoms with Crippen molar-refractivity contribution in [3.63, 3.8) is 0 Å². The van der Waals surface area contributed by atoms with Gasteiger partial charge in [0.2, 0.25) is 5.95 Å². The van der Waals surface area contributed by atoms with Crippen molar-refractivity contribution in [1.29, 1.82) is 0 Å². The highest BCUT2D eigenvalue weighted by atomic mass is 16.2. The first kappa shape index (κ1) is 17.4. The maximum absolute atomic E-state index is 12.6. The van der Waals surface area contributed by atoms with Gasteiger partial charge in [-0.1, -0.05) is 48.5 Å². The highest BCUT2D eigenvalue weighted by Crippen LogP contribution is 2.38. The number of rotatable bonds is 3. The molecule has 142 valence electrons. The minimum atomic E-state index is -0.205. The summed E-state index contributed by atoms with van der Waals surface area (Å²) in [5.74, 6) is 0.463. The number of carbonyl (C=O) groups excluding carboxylic acids is 1. The van der Waals surface area contributed by atoms with Crippen LogP contribution in [0.1, 0.15) is 38.8 Å². The number of hydrogen-bond acceptors (Lipinski definition) is 4. The average molecular weight is 380 g/mol. The van der Waals surface area contributed by atoms with Gasteiger partial charge in [0.25, 0.3) is 5.91 Å². The number of benzene rings is 3. The molecule has 29 heavy (non-hydrogen) atoms. The number of amides is 1. The molecule has 0 bridgehead atoms. The lowest BCUT2D eigenvalue weighted by atomic mass is 9.94. The van der Waals surface area contributed by atoms with Crippen LogP contribution in [-0.2, 0) is 0 Å². The molecule has 3 aromatic carbocycles. The van der Waals surface area contributed by atoms with E-state index in [1.54, 1.807) is 0 Å². The van der Waals surface area contributed by atoms with E-state index in [2.05, 4.69) is 39.7 Å². The summed E-state index contributed by atoms with van der Waals surface area (Å²) < 4.78 is 0. The number of aromatic nitrogens is 2. The molecule has 1 aliphatic rings. The second kappa shape index (κ2) is 6.71. The lowest BCUT2D eigenvalue weighted by molar-refractivity contribution is 0.0960. The summed E-state index contributed by atoms with van der Waals surface area (Å²) >= 11 is 0. The van der Waals surface area contributed by atoms with Gasteiger partial charge in [0.05, 0.1) is 17.3 Å². The van der Waals surface area contributed by atoms with Gasteiger partial charge in [-0.15, -0.1) is 0 Å². The maximum atomic E-state index is 12.6. The molecular formula is C24H20N4O. The van der Waals surface area contributed by atoms with Crippen LogP contribution in [0.2, 0.25) is 0 Å². The number of aryl methyl sites for hydroxylation is 2. The summed E-state index contributed by atoms with van der Waals surface area (Å²) in [5, 5.41) is 7.52. The number of anilines is 2. The van der Waals surface area contributed by atoms with Gasteiger partial charge in [0.15, 0.2) is 0 Å². The molecule has 1 aliphatic heterocycles.